The maximum atomic E-state index is 13.9. The summed E-state index contributed by atoms with van der Waals surface area (Å²) < 4.78 is 39.8. The van der Waals surface area contributed by atoms with Crippen molar-refractivity contribution in [3.63, 3.8) is 0 Å². The fourth-order valence-electron chi connectivity index (χ4n) is 4.49. The predicted molar refractivity (Wildman–Crippen MR) is 151 cm³/mol. The van der Waals surface area contributed by atoms with Gasteiger partial charge in [-0.3, -0.25) is 14.3 Å². The molecule has 1 heterocycles. The number of aromatic amines is 1. The number of hydrogen-bond donors (Lipinski definition) is 3. The molecule has 0 atom stereocenters. The molecule has 9 nitrogen and oxygen atoms in total. The Morgan fingerprint density at radius 1 is 0.872 bits per heavy atom. The van der Waals surface area contributed by atoms with Crippen LogP contribution in [0, 0.1) is 0 Å². The number of benzene rings is 3. The molecule has 0 radical (unpaired) electrons. The minimum absolute atomic E-state index is 0.0982. The third-order valence-corrected chi connectivity index (χ3v) is 8.45. The van der Waals surface area contributed by atoms with Crippen molar-refractivity contribution in [2.45, 2.75) is 37.0 Å². The molecule has 0 saturated carbocycles. The van der Waals surface area contributed by atoms with Gasteiger partial charge < -0.3 is 14.5 Å². The van der Waals surface area contributed by atoms with E-state index >= 15 is 0 Å². The van der Waals surface area contributed by atoms with Crippen molar-refractivity contribution in [3.05, 3.63) is 72.9 Å². The first-order chi connectivity index (χ1) is 18.9. The molecule has 0 bridgehead atoms. The summed E-state index contributed by atoms with van der Waals surface area (Å²) in [7, 11) is -0.963. The number of H-pyrrole nitrogens is 1. The number of hydrogen-bond acceptors (Lipinski definition) is 6. The van der Waals surface area contributed by atoms with E-state index in [1.807, 2.05) is 48.7 Å². The van der Waals surface area contributed by atoms with Gasteiger partial charge in [0.15, 0.2) is 11.5 Å². The summed E-state index contributed by atoms with van der Waals surface area (Å²) in [5, 5.41) is 9.77. The number of ether oxygens (including phenoxy) is 2. The molecule has 0 spiro atoms. The molecule has 4 aromatic rings. The van der Waals surface area contributed by atoms with Gasteiger partial charge in [0, 0.05) is 30.7 Å². The van der Waals surface area contributed by atoms with Gasteiger partial charge in [0.25, 0.3) is 10.0 Å². The number of unbranched alkanes of at least 4 members (excludes halogenated alkanes) is 3. The second-order valence-corrected chi connectivity index (χ2v) is 11.0. The summed E-state index contributed by atoms with van der Waals surface area (Å²) in [4.78, 5) is 14.6. The molecule has 4 rings (SSSR count). The van der Waals surface area contributed by atoms with Gasteiger partial charge >= 0.3 is 0 Å². The van der Waals surface area contributed by atoms with E-state index in [0.717, 1.165) is 34.9 Å². The Morgan fingerprint density at radius 2 is 1.59 bits per heavy atom. The van der Waals surface area contributed by atoms with Crippen molar-refractivity contribution >= 4 is 32.5 Å². The zero-order valence-corrected chi connectivity index (χ0v) is 22.8. The molecule has 206 valence electrons. The van der Waals surface area contributed by atoms with Crippen LogP contribution < -0.4 is 19.3 Å². The number of carbonyl (C=O) groups excluding carboxylic acids is 1. The van der Waals surface area contributed by atoms with Gasteiger partial charge in [0.05, 0.1) is 24.8 Å². The number of carbonyl (C=O) groups is 1. The molecule has 0 fully saturated rings. The Hall–Kier alpha value is -4.02. The summed E-state index contributed by atoms with van der Waals surface area (Å²) >= 11 is 0. The first-order valence-electron chi connectivity index (χ1n) is 12.7. The lowest BCUT2D eigenvalue weighted by molar-refractivity contribution is -0.129. The summed E-state index contributed by atoms with van der Waals surface area (Å²) in [6.45, 7) is 0.261. The smallest absolute Gasteiger partial charge is 0.264 e. The SMILES string of the molecule is COc1ccc(S(=O)(=O)N(CCCCCCC(=O)NO)c2ccc(-c3ccc4cc[nH]c4c3)cc2)cc1OC. The van der Waals surface area contributed by atoms with Crippen LogP contribution in [0.5, 0.6) is 11.5 Å². The Morgan fingerprint density at radius 3 is 2.31 bits per heavy atom. The predicted octanol–water partition coefficient (Wildman–Crippen LogP) is 5.50. The highest BCUT2D eigenvalue weighted by Crippen LogP contribution is 2.33. The molecule has 0 aliphatic carbocycles. The average Bonchev–Trinajstić information content (AvgIpc) is 3.44. The first-order valence-corrected chi connectivity index (χ1v) is 14.2. The topological polar surface area (TPSA) is 121 Å². The third kappa shape index (κ3) is 6.52. The Balaban J connectivity index is 1.59. The van der Waals surface area contributed by atoms with Gasteiger partial charge in [0.1, 0.15) is 0 Å². The summed E-state index contributed by atoms with van der Waals surface area (Å²) in [6, 6.07) is 20.2. The molecule has 0 aliphatic heterocycles. The standard InChI is InChI=1S/C29H33N3O6S/c1-37-27-15-14-25(20-28(27)38-2)39(35,36)32(18-6-4-3-5-7-29(33)31-34)24-12-10-21(11-13-24)23-9-8-22-16-17-30-26(22)19-23/h8-17,19-20,30,34H,3-7,18H2,1-2H3,(H,31,33). The Bertz CT molecular complexity index is 1520. The minimum Gasteiger partial charge on any atom is -0.493 e. The van der Waals surface area contributed by atoms with Gasteiger partial charge in [-0.15, -0.1) is 0 Å². The summed E-state index contributed by atoms with van der Waals surface area (Å²) in [5.41, 5.74) is 5.21. The zero-order valence-electron chi connectivity index (χ0n) is 22.0. The quantitative estimate of drug-likeness (QED) is 0.115. The zero-order chi connectivity index (χ0) is 27.8. The van der Waals surface area contributed by atoms with Crippen LogP contribution in [0.4, 0.5) is 5.69 Å². The number of aromatic nitrogens is 1. The summed E-state index contributed by atoms with van der Waals surface area (Å²) in [6.07, 6.45) is 4.78. The van der Waals surface area contributed by atoms with Crippen LogP contribution in [0.3, 0.4) is 0 Å². The lowest BCUT2D eigenvalue weighted by atomic mass is 10.0. The third-order valence-electron chi connectivity index (χ3n) is 6.63. The highest BCUT2D eigenvalue weighted by Gasteiger charge is 2.26. The lowest BCUT2D eigenvalue weighted by Gasteiger charge is -2.25. The second kappa shape index (κ2) is 12.7. The van der Waals surface area contributed by atoms with E-state index < -0.39 is 15.9 Å². The normalized spacial score (nSPS) is 11.4. The first kappa shape index (κ1) is 28.0. The lowest BCUT2D eigenvalue weighted by Crippen LogP contribution is -2.32. The van der Waals surface area contributed by atoms with Gasteiger partial charge in [-0.05, 0) is 65.8 Å². The number of amides is 1. The van der Waals surface area contributed by atoms with E-state index in [9.17, 15) is 13.2 Å². The monoisotopic (exact) mass is 551 g/mol. The van der Waals surface area contributed by atoms with E-state index in [0.29, 0.717) is 30.0 Å². The van der Waals surface area contributed by atoms with E-state index in [-0.39, 0.29) is 17.9 Å². The van der Waals surface area contributed by atoms with Crippen LogP contribution in [-0.2, 0) is 14.8 Å². The maximum Gasteiger partial charge on any atom is 0.264 e. The molecule has 0 aliphatic rings. The number of methoxy groups -OCH3 is 2. The van der Waals surface area contributed by atoms with Crippen molar-refractivity contribution in [1.29, 1.82) is 0 Å². The number of sulfonamides is 1. The number of fused-ring (bicyclic) bond motifs is 1. The van der Waals surface area contributed by atoms with Crippen LogP contribution in [0.1, 0.15) is 32.1 Å². The van der Waals surface area contributed by atoms with Crippen molar-refractivity contribution in [1.82, 2.24) is 10.5 Å². The van der Waals surface area contributed by atoms with Crippen LogP contribution >= 0.6 is 0 Å². The molecular weight excluding hydrogens is 518 g/mol. The van der Waals surface area contributed by atoms with Crippen LogP contribution in [-0.4, -0.2) is 45.3 Å². The molecular formula is C29H33N3O6S. The Labute approximate surface area is 228 Å². The molecule has 10 heteroatoms. The van der Waals surface area contributed by atoms with Crippen molar-refractivity contribution in [3.8, 4) is 22.6 Å². The highest BCUT2D eigenvalue weighted by atomic mass is 32.2. The number of anilines is 1. The highest BCUT2D eigenvalue weighted by molar-refractivity contribution is 7.92. The fourth-order valence-corrected chi connectivity index (χ4v) is 6.01. The van der Waals surface area contributed by atoms with Crippen molar-refractivity contribution in [2.75, 3.05) is 25.1 Å². The molecule has 0 unspecified atom stereocenters. The van der Waals surface area contributed by atoms with E-state index in [2.05, 4.69) is 11.1 Å². The number of hydroxylamine groups is 1. The van der Waals surface area contributed by atoms with Crippen LogP contribution in [0.2, 0.25) is 0 Å². The molecule has 1 amide bonds. The van der Waals surface area contributed by atoms with Crippen LogP contribution in [0.15, 0.2) is 77.8 Å². The van der Waals surface area contributed by atoms with Gasteiger partial charge in [0.2, 0.25) is 5.91 Å². The van der Waals surface area contributed by atoms with Gasteiger partial charge in [-0.2, -0.15) is 0 Å². The van der Waals surface area contributed by atoms with E-state index in [1.54, 1.807) is 11.5 Å². The fraction of sp³-hybridized carbons (Fsp3) is 0.276. The molecule has 0 saturated heterocycles. The number of nitrogens with zero attached hydrogens (tertiary/aromatic N) is 1. The Kier molecular flexibility index (Phi) is 9.11. The minimum atomic E-state index is -3.93. The van der Waals surface area contributed by atoms with Crippen LogP contribution in [0.25, 0.3) is 22.0 Å². The van der Waals surface area contributed by atoms with E-state index in [4.69, 9.17) is 14.7 Å². The number of nitrogens with one attached hydrogen (secondary N) is 2. The largest absolute Gasteiger partial charge is 0.493 e. The van der Waals surface area contributed by atoms with Gasteiger partial charge in [-0.1, -0.05) is 37.1 Å². The van der Waals surface area contributed by atoms with E-state index in [1.165, 1.54) is 30.7 Å². The molecule has 3 aromatic carbocycles. The maximum absolute atomic E-state index is 13.9. The van der Waals surface area contributed by atoms with Crippen molar-refractivity contribution < 1.29 is 27.9 Å². The summed E-state index contributed by atoms with van der Waals surface area (Å²) in [5.74, 6) is 0.345. The molecule has 3 N–H and O–H groups in total. The second-order valence-electron chi connectivity index (χ2n) is 9.12. The van der Waals surface area contributed by atoms with Crippen molar-refractivity contribution in [2.24, 2.45) is 0 Å². The molecule has 1 aromatic heterocycles. The molecule has 39 heavy (non-hydrogen) atoms. The van der Waals surface area contributed by atoms with Gasteiger partial charge in [-0.25, -0.2) is 13.9 Å². The average molecular weight is 552 g/mol. The number of rotatable bonds is 13.